The molecule has 0 spiro atoms. The molecule has 1 aliphatic rings. The summed E-state index contributed by atoms with van der Waals surface area (Å²) in [5, 5.41) is 4.58. The lowest BCUT2D eigenvalue weighted by atomic mass is 9.95. The molecule has 1 aromatic heterocycles. The zero-order chi connectivity index (χ0) is 24.7. The summed E-state index contributed by atoms with van der Waals surface area (Å²) < 4.78 is 5.88. The van der Waals surface area contributed by atoms with Gasteiger partial charge in [-0.05, 0) is 72.7 Å². The van der Waals surface area contributed by atoms with Crippen molar-refractivity contribution in [3.63, 3.8) is 0 Å². The van der Waals surface area contributed by atoms with Gasteiger partial charge in [-0.15, -0.1) is 11.3 Å². The summed E-state index contributed by atoms with van der Waals surface area (Å²) in [5.74, 6) is 0.716. The summed E-state index contributed by atoms with van der Waals surface area (Å²) in [4.78, 5) is 19.3. The molecule has 1 heterocycles. The van der Waals surface area contributed by atoms with Crippen molar-refractivity contribution in [3.8, 4) is 5.75 Å². The van der Waals surface area contributed by atoms with Gasteiger partial charge in [0.2, 0.25) is 0 Å². The van der Waals surface area contributed by atoms with Gasteiger partial charge in [0, 0.05) is 28.2 Å². The summed E-state index contributed by atoms with van der Waals surface area (Å²) >= 11 is 7.86. The van der Waals surface area contributed by atoms with Crippen LogP contribution < -0.4 is 10.1 Å². The molecule has 0 unspecified atom stereocenters. The Kier molecular flexibility index (Phi) is 7.79. The molecule has 0 atom stereocenters. The Morgan fingerprint density at radius 1 is 0.972 bits per heavy atom. The van der Waals surface area contributed by atoms with Crippen LogP contribution >= 0.6 is 22.9 Å². The minimum absolute atomic E-state index is 0.0475. The number of carbonyl (C=O) groups is 1. The molecule has 4 nitrogen and oxygen atoms in total. The van der Waals surface area contributed by atoms with Gasteiger partial charge in [-0.2, -0.15) is 0 Å². The summed E-state index contributed by atoms with van der Waals surface area (Å²) in [5.41, 5.74) is 4.89. The molecule has 0 bridgehead atoms. The lowest BCUT2D eigenvalue weighted by molar-refractivity contribution is 0.0951. The van der Waals surface area contributed by atoms with Gasteiger partial charge in [0.1, 0.15) is 17.4 Å². The highest BCUT2D eigenvalue weighted by Crippen LogP contribution is 2.40. The number of nitrogens with zero attached hydrogens (tertiary/aromatic N) is 1. The van der Waals surface area contributed by atoms with Gasteiger partial charge in [0.25, 0.3) is 5.91 Å². The number of fused-ring (bicyclic) bond motifs is 1. The highest BCUT2D eigenvalue weighted by atomic mass is 35.5. The molecule has 3 aromatic carbocycles. The van der Waals surface area contributed by atoms with Gasteiger partial charge in [0.15, 0.2) is 0 Å². The number of hydrogen-bond acceptors (Lipinski definition) is 4. The second kappa shape index (κ2) is 11.5. The maximum atomic E-state index is 13.2. The van der Waals surface area contributed by atoms with Gasteiger partial charge < -0.3 is 10.1 Å². The monoisotopic (exact) mass is 514 g/mol. The molecule has 1 aliphatic carbocycles. The molecule has 1 N–H and O–H groups in total. The summed E-state index contributed by atoms with van der Waals surface area (Å²) in [6, 6.07) is 25.4. The van der Waals surface area contributed by atoms with Crippen molar-refractivity contribution in [2.24, 2.45) is 4.99 Å². The van der Waals surface area contributed by atoms with Crippen molar-refractivity contribution in [2.75, 3.05) is 0 Å². The fourth-order valence-corrected chi connectivity index (χ4v) is 5.72. The molecule has 4 aromatic rings. The van der Waals surface area contributed by atoms with Crippen molar-refractivity contribution in [1.29, 1.82) is 0 Å². The maximum Gasteiger partial charge on any atom is 0.254 e. The maximum absolute atomic E-state index is 13.2. The second-order valence-corrected chi connectivity index (χ2v) is 10.3. The third-order valence-electron chi connectivity index (χ3n) is 6.24. The molecular formula is C30H27ClN2O2S. The number of amides is 1. The van der Waals surface area contributed by atoms with Crippen LogP contribution in [-0.2, 0) is 26.0 Å². The molecule has 0 aliphatic heterocycles. The Bertz CT molecular complexity index is 1360. The highest BCUT2D eigenvalue weighted by Gasteiger charge is 2.25. The lowest BCUT2D eigenvalue weighted by Gasteiger charge is -2.12. The zero-order valence-electron chi connectivity index (χ0n) is 19.9. The van der Waals surface area contributed by atoms with E-state index >= 15 is 0 Å². The fourth-order valence-electron chi connectivity index (χ4n) is 4.30. The van der Waals surface area contributed by atoms with Crippen LogP contribution in [-0.4, -0.2) is 12.1 Å². The van der Waals surface area contributed by atoms with E-state index in [1.807, 2.05) is 85.1 Å². The Morgan fingerprint density at radius 2 is 1.72 bits per heavy atom. The number of ether oxygens (including phenoxy) is 1. The first-order valence-corrected chi connectivity index (χ1v) is 13.3. The minimum atomic E-state index is -0.0475. The Labute approximate surface area is 220 Å². The van der Waals surface area contributed by atoms with Gasteiger partial charge >= 0.3 is 0 Å². The number of hydrogen-bond donors (Lipinski definition) is 1. The minimum Gasteiger partial charge on any atom is -0.489 e. The van der Waals surface area contributed by atoms with Crippen LogP contribution in [0.5, 0.6) is 5.75 Å². The first kappa shape index (κ1) is 24.3. The molecular weight excluding hydrogens is 488 g/mol. The number of carbonyl (C=O) groups excluding carboxylic acids is 1. The molecule has 5 rings (SSSR count). The summed E-state index contributed by atoms with van der Waals surface area (Å²) in [6.07, 6.45) is 6.06. The van der Waals surface area contributed by atoms with E-state index in [1.165, 1.54) is 10.4 Å². The zero-order valence-corrected chi connectivity index (χ0v) is 21.4. The molecule has 182 valence electrons. The van der Waals surface area contributed by atoms with E-state index in [-0.39, 0.29) is 5.91 Å². The van der Waals surface area contributed by atoms with Crippen molar-refractivity contribution in [2.45, 2.75) is 38.8 Å². The normalized spacial score (nSPS) is 12.9. The average molecular weight is 515 g/mol. The predicted molar refractivity (Wildman–Crippen MR) is 148 cm³/mol. The quantitative estimate of drug-likeness (QED) is 0.247. The number of rotatable bonds is 8. The van der Waals surface area contributed by atoms with Crippen molar-refractivity contribution in [3.05, 3.63) is 117 Å². The number of aryl methyl sites for hydroxylation is 1. The van der Waals surface area contributed by atoms with Gasteiger partial charge in [0.05, 0.1) is 5.56 Å². The van der Waals surface area contributed by atoms with Gasteiger partial charge in [-0.3, -0.25) is 4.79 Å². The molecule has 0 fully saturated rings. The predicted octanol–water partition coefficient (Wildman–Crippen LogP) is 7.54. The molecule has 0 saturated heterocycles. The van der Waals surface area contributed by atoms with Crippen LogP contribution in [0, 0.1) is 0 Å². The van der Waals surface area contributed by atoms with E-state index in [0.29, 0.717) is 18.2 Å². The smallest absolute Gasteiger partial charge is 0.254 e. The van der Waals surface area contributed by atoms with Gasteiger partial charge in [-0.1, -0.05) is 60.1 Å². The largest absolute Gasteiger partial charge is 0.489 e. The number of benzene rings is 3. The van der Waals surface area contributed by atoms with Crippen molar-refractivity contribution in [1.82, 2.24) is 5.32 Å². The van der Waals surface area contributed by atoms with E-state index in [4.69, 9.17) is 21.3 Å². The van der Waals surface area contributed by atoms with E-state index in [2.05, 4.69) is 5.32 Å². The molecule has 0 saturated carbocycles. The third kappa shape index (κ3) is 5.86. The number of aliphatic imine (C=N–C) groups is 1. The summed E-state index contributed by atoms with van der Waals surface area (Å²) in [6.45, 7) is 0.915. The Hall–Kier alpha value is -3.41. The van der Waals surface area contributed by atoms with Crippen molar-refractivity contribution < 1.29 is 9.53 Å². The van der Waals surface area contributed by atoms with E-state index in [9.17, 15) is 4.79 Å². The van der Waals surface area contributed by atoms with Crippen LogP contribution in [0.4, 0.5) is 5.00 Å². The molecule has 1 amide bonds. The van der Waals surface area contributed by atoms with Crippen molar-refractivity contribution >= 4 is 40.1 Å². The SMILES string of the molecule is O=C(NCc1ccccc1)c1c(N=Cc2ccc(OCc3ccccc3Cl)cc2)sc2c1CCCC2. The van der Waals surface area contributed by atoms with Crippen LogP contribution in [0.3, 0.4) is 0 Å². The number of thiophene rings is 1. The Morgan fingerprint density at radius 3 is 2.53 bits per heavy atom. The molecule has 36 heavy (non-hydrogen) atoms. The topological polar surface area (TPSA) is 50.7 Å². The first-order chi connectivity index (χ1) is 17.7. The summed E-state index contributed by atoms with van der Waals surface area (Å²) in [7, 11) is 0. The lowest BCUT2D eigenvalue weighted by Crippen LogP contribution is -2.24. The first-order valence-electron chi connectivity index (χ1n) is 12.1. The average Bonchev–Trinajstić information content (AvgIpc) is 3.30. The fraction of sp³-hybridized carbons (Fsp3) is 0.200. The van der Waals surface area contributed by atoms with Gasteiger partial charge in [-0.25, -0.2) is 4.99 Å². The Balaban J connectivity index is 1.29. The second-order valence-electron chi connectivity index (χ2n) is 8.77. The standard InChI is InChI=1S/C30H27ClN2O2S/c31-26-12-6-4-10-23(26)20-35-24-16-14-22(15-17-24)19-33-30-28(25-11-5-7-13-27(25)36-30)29(34)32-18-21-8-2-1-3-9-21/h1-4,6,8-10,12,14-17,19H,5,7,11,13,18,20H2,(H,32,34). The van der Waals surface area contributed by atoms with E-state index in [0.717, 1.165) is 58.7 Å². The van der Waals surface area contributed by atoms with Crippen LogP contribution in [0.1, 0.15) is 50.3 Å². The van der Waals surface area contributed by atoms with Crippen LogP contribution in [0.25, 0.3) is 0 Å². The van der Waals surface area contributed by atoms with E-state index in [1.54, 1.807) is 11.3 Å². The van der Waals surface area contributed by atoms with E-state index < -0.39 is 0 Å². The third-order valence-corrected chi connectivity index (χ3v) is 7.81. The highest BCUT2D eigenvalue weighted by molar-refractivity contribution is 7.16. The number of halogens is 1. The molecule has 6 heteroatoms. The molecule has 0 radical (unpaired) electrons. The van der Waals surface area contributed by atoms with Crippen LogP contribution in [0.2, 0.25) is 5.02 Å². The number of nitrogens with one attached hydrogen (secondary N) is 1. The van der Waals surface area contributed by atoms with Crippen LogP contribution in [0.15, 0.2) is 83.9 Å².